The predicted octanol–water partition coefficient (Wildman–Crippen LogP) is 1.90. The number of ether oxygens (including phenoxy) is 2. The highest BCUT2D eigenvalue weighted by Crippen LogP contribution is 2.84. The first kappa shape index (κ1) is 11.3. The van der Waals surface area contributed by atoms with Crippen molar-refractivity contribution in [1.82, 2.24) is 0 Å². The van der Waals surface area contributed by atoms with Gasteiger partial charge in [0.05, 0.1) is 0 Å². The Bertz CT molecular complexity index is 632. The van der Waals surface area contributed by atoms with Crippen LogP contribution in [0.1, 0.15) is 26.7 Å². The Balaban J connectivity index is 1.53. The van der Waals surface area contributed by atoms with E-state index in [-0.39, 0.29) is 5.57 Å². The Labute approximate surface area is 122 Å². The lowest BCUT2D eigenvalue weighted by Gasteiger charge is -2.46. The van der Waals surface area contributed by atoms with E-state index in [0.717, 1.165) is 41.1 Å². The van der Waals surface area contributed by atoms with Crippen LogP contribution >= 0.6 is 0 Å². The van der Waals surface area contributed by atoms with Crippen LogP contribution < -0.4 is 0 Å². The first-order valence-corrected chi connectivity index (χ1v) is 8.19. The maximum atomic E-state index is 12.4. The molecule has 0 amide bonds. The summed E-state index contributed by atoms with van der Waals surface area (Å²) in [4.78, 5) is 24.8. The second kappa shape index (κ2) is 2.92. The molecule has 0 aromatic carbocycles. The monoisotopic (exact) mass is 286 g/mol. The minimum absolute atomic E-state index is 0.271. The fourth-order valence-electron chi connectivity index (χ4n) is 7.40. The zero-order valence-electron chi connectivity index (χ0n) is 12.2. The van der Waals surface area contributed by atoms with Gasteiger partial charge >= 0.3 is 11.9 Å². The number of hydrogen-bond acceptors (Lipinski definition) is 4. The van der Waals surface area contributed by atoms with Crippen molar-refractivity contribution in [3.8, 4) is 0 Å². The number of fused-ring (bicyclic) bond motifs is 2. The van der Waals surface area contributed by atoms with Gasteiger partial charge in [-0.05, 0) is 65.8 Å². The molecule has 1 heterocycles. The van der Waals surface area contributed by atoms with Gasteiger partial charge in [-0.25, -0.2) is 9.59 Å². The van der Waals surface area contributed by atoms with Crippen LogP contribution in [-0.4, -0.2) is 17.7 Å². The smallest absolute Gasteiger partial charge is 0.348 e. The highest BCUT2D eigenvalue weighted by atomic mass is 16.7. The summed E-state index contributed by atoms with van der Waals surface area (Å²) in [7, 11) is 0. The Kier molecular flexibility index (Phi) is 1.57. The molecule has 4 nitrogen and oxygen atoms in total. The Morgan fingerprint density at radius 1 is 0.857 bits per heavy atom. The van der Waals surface area contributed by atoms with Crippen LogP contribution in [0, 0.1) is 47.3 Å². The molecule has 6 fully saturated rings. The quantitative estimate of drug-likeness (QED) is 0.388. The van der Waals surface area contributed by atoms with E-state index in [1.807, 2.05) is 0 Å². The van der Waals surface area contributed by atoms with E-state index in [1.165, 1.54) is 12.8 Å². The van der Waals surface area contributed by atoms with Gasteiger partial charge in [0.2, 0.25) is 0 Å². The van der Waals surface area contributed by atoms with Crippen LogP contribution in [0.4, 0.5) is 0 Å². The fraction of sp³-hybridized carbons (Fsp3) is 0.765. The molecular formula is C17H18O4. The molecule has 4 heteroatoms. The minimum atomic E-state index is -1.13. The molecular weight excluding hydrogens is 268 g/mol. The number of carbonyl (C=O) groups is 2. The molecule has 5 aliphatic carbocycles. The molecule has 110 valence electrons. The summed E-state index contributed by atoms with van der Waals surface area (Å²) in [6.45, 7) is 3.23. The predicted molar refractivity (Wildman–Crippen MR) is 70.4 cm³/mol. The van der Waals surface area contributed by atoms with Gasteiger partial charge in [-0.1, -0.05) is 0 Å². The van der Waals surface area contributed by atoms with E-state index in [2.05, 4.69) is 0 Å². The number of cyclic esters (lactones) is 2. The van der Waals surface area contributed by atoms with Gasteiger partial charge in [0, 0.05) is 13.8 Å². The van der Waals surface area contributed by atoms with E-state index < -0.39 is 17.7 Å². The SMILES string of the molecule is CC1(C)OC(=O)C(=C2[C@H]3[C@@H]4C[C@@H]5[C@@H]2[C@@H]2[C@@H]3C[C@@H]4[C@H]52)C(=O)O1. The topological polar surface area (TPSA) is 52.6 Å². The van der Waals surface area contributed by atoms with Gasteiger partial charge in [-0.3, -0.25) is 0 Å². The van der Waals surface area contributed by atoms with Crippen molar-refractivity contribution in [1.29, 1.82) is 0 Å². The Morgan fingerprint density at radius 2 is 1.48 bits per heavy atom. The molecule has 0 spiro atoms. The molecule has 5 saturated carbocycles. The summed E-state index contributed by atoms with van der Waals surface area (Å²) in [5, 5.41) is 0. The highest BCUT2D eigenvalue weighted by molar-refractivity contribution is 6.16. The van der Waals surface area contributed by atoms with E-state index in [9.17, 15) is 9.59 Å². The number of carbonyl (C=O) groups excluding carboxylic acids is 2. The Morgan fingerprint density at radius 3 is 2.19 bits per heavy atom. The second-order valence-electron chi connectivity index (χ2n) is 8.34. The first-order valence-electron chi connectivity index (χ1n) is 8.19. The summed E-state index contributed by atoms with van der Waals surface area (Å²) in [6.07, 6.45) is 2.67. The zero-order chi connectivity index (χ0) is 14.3. The molecule has 1 aliphatic heterocycles. The molecule has 0 aromatic heterocycles. The molecule has 0 radical (unpaired) electrons. The number of rotatable bonds is 0. The second-order valence-corrected chi connectivity index (χ2v) is 8.34. The largest absolute Gasteiger partial charge is 0.419 e. The van der Waals surface area contributed by atoms with E-state index >= 15 is 0 Å². The normalized spacial score (nSPS) is 56.9. The molecule has 0 N–H and O–H groups in total. The molecule has 0 unspecified atom stereocenters. The van der Waals surface area contributed by atoms with Crippen molar-refractivity contribution >= 4 is 11.9 Å². The van der Waals surface area contributed by atoms with E-state index in [1.54, 1.807) is 13.8 Å². The summed E-state index contributed by atoms with van der Waals surface area (Å²) >= 11 is 0. The van der Waals surface area contributed by atoms with Crippen LogP contribution in [-0.2, 0) is 19.1 Å². The molecule has 1 saturated heterocycles. The van der Waals surface area contributed by atoms with E-state index in [0.29, 0.717) is 11.8 Å². The molecule has 8 atom stereocenters. The van der Waals surface area contributed by atoms with Crippen LogP contribution in [0.3, 0.4) is 0 Å². The summed E-state index contributed by atoms with van der Waals surface area (Å²) < 4.78 is 10.7. The van der Waals surface area contributed by atoms with Gasteiger partial charge in [-0.2, -0.15) is 0 Å². The lowest BCUT2D eigenvalue weighted by atomic mass is 9.58. The van der Waals surface area contributed by atoms with Gasteiger partial charge in [0.15, 0.2) is 0 Å². The fourth-order valence-corrected chi connectivity index (χ4v) is 7.40. The average Bonchev–Trinajstić information content (AvgIpc) is 2.85. The summed E-state index contributed by atoms with van der Waals surface area (Å²) in [6, 6.07) is 0. The third-order valence-corrected chi connectivity index (χ3v) is 7.46. The molecule has 0 aromatic rings. The van der Waals surface area contributed by atoms with Gasteiger partial charge in [0.1, 0.15) is 5.57 Å². The lowest BCUT2D eigenvalue weighted by Crippen LogP contribution is -2.45. The van der Waals surface area contributed by atoms with Crippen molar-refractivity contribution in [3.63, 3.8) is 0 Å². The number of hydrogen-bond donors (Lipinski definition) is 0. The molecule has 6 rings (SSSR count). The third kappa shape index (κ3) is 0.984. The number of allylic oxidation sites excluding steroid dienone is 1. The molecule has 6 aliphatic rings. The van der Waals surface area contributed by atoms with Crippen molar-refractivity contribution in [3.05, 3.63) is 11.1 Å². The van der Waals surface area contributed by atoms with Gasteiger partial charge in [0.25, 0.3) is 5.79 Å². The van der Waals surface area contributed by atoms with Crippen molar-refractivity contribution in [2.45, 2.75) is 32.5 Å². The van der Waals surface area contributed by atoms with Crippen molar-refractivity contribution < 1.29 is 19.1 Å². The maximum Gasteiger partial charge on any atom is 0.348 e. The summed E-state index contributed by atoms with van der Waals surface area (Å²) in [5.41, 5.74) is 1.42. The first-order chi connectivity index (χ1) is 9.98. The standard InChI is InChI=1S/C17H18O4/c1-17(2)20-15(18)14(16(19)21-17)13-10-6-4-7-9-5(6)3-8(10)11(9)12(7)13/h5-12H,3-4H2,1-2H3/t5-,6+,7-,8+,9+,10-,11+,12+/m0/s1. The van der Waals surface area contributed by atoms with Gasteiger partial charge < -0.3 is 9.47 Å². The number of esters is 2. The van der Waals surface area contributed by atoms with Crippen LogP contribution in [0.15, 0.2) is 11.1 Å². The Hall–Kier alpha value is -1.32. The van der Waals surface area contributed by atoms with Crippen LogP contribution in [0.2, 0.25) is 0 Å². The average molecular weight is 286 g/mol. The highest BCUT2D eigenvalue weighted by Gasteiger charge is 2.79. The van der Waals surface area contributed by atoms with E-state index in [4.69, 9.17) is 9.47 Å². The zero-order valence-corrected chi connectivity index (χ0v) is 12.2. The maximum absolute atomic E-state index is 12.4. The minimum Gasteiger partial charge on any atom is -0.419 e. The lowest BCUT2D eigenvalue weighted by molar-refractivity contribution is -0.222. The molecule has 21 heavy (non-hydrogen) atoms. The van der Waals surface area contributed by atoms with Crippen LogP contribution in [0.5, 0.6) is 0 Å². The summed E-state index contributed by atoms with van der Waals surface area (Å²) in [5.74, 6) is 3.74. The van der Waals surface area contributed by atoms with Gasteiger partial charge in [-0.15, -0.1) is 0 Å². The van der Waals surface area contributed by atoms with Crippen molar-refractivity contribution in [2.75, 3.05) is 0 Å². The third-order valence-electron chi connectivity index (χ3n) is 7.46. The van der Waals surface area contributed by atoms with Crippen LogP contribution in [0.25, 0.3) is 0 Å². The van der Waals surface area contributed by atoms with Crippen molar-refractivity contribution in [2.24, 2.45) is 47.3 Å². The molecule has 2 bridgehead atoms.